The molecule has 6 aromatic carbocycles. The summed E-state index contributed by atoms with van der Waals surface area (Å²) < 4.78 is 0. The molecule has 1 radical (unpaired) electrons. The van der Waals surface area contributed by atoms with Gasteiger partial charge in [0.1, 0.15) is 0 Å². The van der Waals surface area contributed by atoms with Crippen LogP contribution in [0.4, 0.5) is 0 Å². The second-order valence-corrected chi connectivity index (χ2v) is 18.4. The van der Waals surface area contributed by atoms with E-state index in [1.54, 1.807) is 13.8 Å². The normalized spacial score (nSPS) is 11.4. The number of hydrogen-bond acceptors (Lipinski definition) is 2. The molecule has 305 valence electrons. The van der Waals surface area contributed by atoms with Crippen LogP contribution in [0.15, 0.2) is 109 Å². The van der Waals surface area contributed by atoms with Crippen LogP contribution in [0.1, 0.15) is 128 Å². The fourth-order valence-corrected chi connectivity index (χ4v) is 6.97. The summed E-state index contributed by atoms with van der Waals surface area (Å²) in [5, 5.41) is 10.4. The van der Waals surface area contributed by atoms with Crippen LogP contribution in [0, 0.1) is 0 Å². The minimum atomic E-state index is -0.826. The summed E-state index contributed by atoms with van der Waals surface area (Å²) in [6.45, 7) is 17.1. The molecule has 6 rings (SSSR count). The fourth-order valence-electron chi connectivity index (χ4n) is 6.97. The topological polar surface area (TPSA) is 58.2 Å². The third kappa shape index (κ3) is 14.4. The van der Waals surface area contributed by atoms with Gasteiger partial charge in [-0.15, -0.1) is 69.1 Å². The van der Waals surface area contributed by atoms with Crippen molar-refractivity contribution in [1.29, 1.82) is 0 Å². The van der Waals surface area contributed by atoms with E-state index in [9.17, 15) is 9.59 Å². The van der Waals surface area contributed by atoms with E-state index in [1.807, 2.05) is 0 Å². The van der Waals surface area contributed by atoms with E-state index in [0.29, 0.717) is 24.7 Å². The molecule has 2 unspecified atom stereocenters. The predicted molar refractivity (Wildman–Crippen MR) is 250 cm³/mol. The Morgan fingerprint density at radius 2 is 0.948 bits per heavy atom. The Morgan fingerprint density at radius 1 is 0.586 bits per heavy atom. The summed E-state index contributed by atoms with van der Waals surface area (Å²) in [6, 6.07) is 40.7. The molecule has 2 N–H and O–H groups in total. The van der Waals surface area contributed by atoms with E-state index < -0.39 is 20.8 Å². The summed E-state index contributed by atoms with van der Waals surface area (Å²) in [7, 11) is 11.1. The van der Waals surface area contributed by atoms with Crippen molar-refractivity contribution in [2.45, 2.75) is 119 Å². The van der Waals surface area contributed by atoms with Crippen LogP contribution in [0.3, 0.4) is 0 Å². The number of carbonyl (C=O) groups excluding carboxylic acids is 2. The van der Waals surface area contributed by atoms with Gasteiger partial charge in [0.25, 0.3) is 0 Å². The molecular weight excluding hydrogens is 834 g/mol. The quantitative estimate of drug-likeness (QED) is 0.0845. The fraction of sp³-hybridized carbons (Fsp3) is 0.360. The van der Waals surface area contributed by atoms with Crippen molar-refractivity contribution in [1.82, 2.24) is 10.5 Å². The van der Waals surface area contributed by atoms with Gasteiger partial charge >= 0.3 is 45.4 Å². The molecule has 0 aromatic heterocycles. The van der Waals surface area contributed by atoms with E-state index in [1.165, 1.54) is 99.3 Å². The summed E-state index contributed by atoms with van der Waals surface area (Å²) in [4.78, 5) is 21.2. The first kappa shape index (κ1) is 48.9. The van der Waals surface area contributed by atoms with Gasteiger partial charge in [0.15, 0.2) is 0 Å². The van der Waals surface area contributed by atoms with Gasteiger partial charge in [-0.25, -0.2) is 0 Å². The Hall–Kier alpha value is -3.43. The molecule has 58 heavy (non-hydrogen) atoms. The maximum absolute atomic E-state index is 10.6. The van der Waals surface area contributed by atoms with E-state index >= 15 is 0 Å². The summed E-state index contributed by atoms with van der Waals surface area (Å²) in [5.41, 5.74) is 11.4. The van der Waals surface area contributed by atoms with Crippen molar-refractivity contribution in [2.24, 2.45) is 0 Å². The summed E-state index contributed by atoms with van der Waals surface area (Å²) in [5.74, 6) is 1.04. The van der Waals surface area contributed by atoms with E-state index in [0.717, 1.165) is 12.8 Å². The molecule has 0 heterocycles. The summed E-state index contributed by atoms with van der Waals surface area (Å²) >= 11 is -0.826. The molecule has 0 saturated heterocycles. The predicted octanol–water partition coefficient (Wildman–Crippen LogP) is 14.3. The van der Waals surface area contributed by atoms with Gasteiger partial charge in [-0.2, -0.15) is 12.1 Å². The second-order valence-electron chi connectivity index (χ2n) is 14.7. The van der Waals surface area contributed by atoms with Gasteiger partial charge < -0.3 is 10.5 Å². The Bertz CT molecular complexity index is 1990. The van der Waals surface area contributed by atoms with Gasteiger partial charge in [-0.05, 0) is 46.9 Å². The molecule has 0 aliphatic carbocycles. The molecule has 0 aliphatic heterocycles. The Labute approximate surface area is 368 Å². The maximum atomic E-state index is 10.6. The van der Waals surface area contributed by atoms with Crippen LogP contribution < -0.4 is 10.5 Å². The van der Waals surface area contributed by atoms with Crippen LogP contribution in [0.2, 0.25) is 0 Å². The Morgan fingerprint density at radius 3 is 1.29 bits per heavy atom. The first-order valence-electron chi connectivity index (χ1n) is 21.0. The number of fused-ring (bicyclic) bond motifs is 2. The average Bonchev–Trinajstić information content (AvgIpc) is 3.90. The van der Waals surface area contributed by atoms with Crippen molar-refractivity contribution in [3.05, 3.63) is 131 Å². The monoisotopic (exact) mass is 893 g/mol. The first-order chi connectivity index (χ1) is 28.1. The molecule has 0 aliphatic rings. The summed E-state index contributed by atoms with van der Waals surface area (Å²) in [6.07, 6.45) is 7.88. The molecule has 0 bridgehead atoms. The Kier molecular flexibility index (Phi) is 22.5. The van der Waals surface area contributed by atoms with Crippen LogP contribution in [-0.4, -0.2) is 19.4 Å². The number of amides is 2. The second kappa shape index (κ2) is 26.6. The van der Waals surface area contributed by atoms with E-state index in [2.05, 4.69) is 161 Å². The molecule has 6 aromatic rings. The molecule has 4 nitrogen and oxygen atoms in total. The zero-order chi connectivity index (χ0) is 42.5. The molecule has 2 atom stereocenters. The molecule has 8 heteroatoms. The third-order valence-corrected chi connectivity index (χ3v) is 10.7. The number of benzene rings is 4. The van der Waals surface area contributed by atoms with Crippen molar-refractivity contribution >= 4 is 57.9 Å². The Balaban J connectivity index is 0.000000237. The molecule has 0 fully saturated rings. The molecular formula is C50H62BCl2N2O2Zr. The van der Waals surface area contributed by atoms with Crippen molar-refractivity contribution in [3.8, 4) is 22.3 Å². The van der Waals surface area contributed by atoms with Gasteiger partial charge in [0.2, 0.25) is 11.8 Å². The molecule has 0 spiro atoms. The number of hydrogen-bond donors (Lipinski definition) is 2. The van der Waals surface area contributed by atoms with Crippen molar-refractivity contribution in [2.75, 3.05) is 0 Å². The number of nitrogens with one attached hydrogen (secondary N) is 2. The average molecular weight is 896 g/mol. The van der Waals surface area contributed by atoms with Crippen LogP contribution >= 0.6 is 17.0 Å². The van der Waals surface area contributed by atoms with E-state index in [4.69, 9.17) is 17.0 Å². The number of aryl methyl sites for hydroxylation is 2. The van der Waals surface area contributed by atoms with Crippen molar-refractivity contribution in [3.63, 3.8) is 0 Å². The standard InChI is InChI=1S/2C22H25.C6H12BN2O2.2ClH.Zr/c2*1-4-9-17-10-6-7-12-20(17)21-13-8-11-18-14-19(15-22(18)21)16(3)5-2;1-3-5(10)8-7-9-6(11)4-2;;;/h2*6-8,10-16H,4-5,9H2,1-3H3;3-4H2,1-2H3,(H,8,10)(H,9,11);2*1H;/q2*-1;;;;+4/p-2. The minimum absolute atomic E-state index is 0.110. The SMILES string of the molecule is CCC(=O)N[B]NC(=O)CC.CCCc1ccccc1-c1cccc2[cH-]c(C(C)CC)cc12.CCCc1ccccc1-c1cccc2[cH-]c(C(C)CC)cc12.[Cl][Zr+2][Cl]. The van der Waals surface area contributed by atoms with Crippen LogP contribution in [-0.2, 0) is 43.3 Å². The van der Waals surface area contributed by atoms with Gasteiger partial charge in [0, 0.05) is 12.8 Å². The number of carbonyl (C=O) groups is 2. The van der Waals surface area contributed by atoms with Crippen LogP contribution in [0.25, 0.3) is 43.8 Å². The van der Waals surface area contributed by atoms with E-state index in [-0.39, 0.29) is 11.8 Å². The third-order valence-electron chi connectivity index (χ3n) is 10.7. The van der Waals surface area contributed by atoms with Gasteiger partial charge in [0.05, 0.1) is 0 Å². The van der Waals surface area contributed by atoms with Gasteiger partial charge in [-0.1, -0.05) is 153 Å². The number of rotatable bonds is 14. The molecule has 0 saturated carbocycles. The van der Waals surface area contributed by atoms with Gasteiger partial charge in [-0.3, -0.25) is 9.59 Å². The zero-order valence-corrected chi connectivity index (χ0v) is 39.8. The first-order valence-corrected chi connectivity index (χ1v) is 27.4. The molecule has 2 amide bonds. The zero-order valence-electron chi connectivity index (χ0n) is 35.9. The van der Waals surface area contributed by atoms with Crippen molar-refractivity contribution < 1.29 is 30.4 Å². The van der Waals surface area contributed by atoms with Crippen LogP contribution in [0.5, 0.6) is 0 Å². The number of halogens is 2.